The normalized spacial score (nSPS) is 11.7. The van der Waals surface area contributed by atoms with Gasteiger partial charge in [-0.25, -0.2) is 0 Å². The predicted molar refractivity (Wildman–Crippen MR) is 157 cm³/mol. The molecule has 0 unspecified atom stereocenters. The van der Waals surface area contributed by atoms with Gasteiger partial charge < -0.3 is 15.0 Å². The van der Waals surface area contributed by atoms with E-state index in [0.29, 0.717) is 31.2 Å². The summed E-state index contributed by atoms with van der Waals surface area (Å²) < 4.78 is 5.41. The highest BCUT2D eigenvalue weighted by Crippen LogP contribution is 2.21. The van der Waals surface area contributed by atoms with Crippen LogP contribution in [0.15, 0.2) is 72.8 Å². The summed E-state index contributed by atoms with van der Waals surface area (Å²) in [5.74, 6) is 1.89. The molecule has 3 aromatic carbocycles. The lowest BCUT2D eigenvalue weighted by Gasteiger charge is -2.32. The molecule has 0 aliphatic rings. The minimum absolute atomic E-state index is 0.0529. The van der Waals surface area contributed by atoms with Crippen LogP contribution in [0.4, 0.5) is 0 Å². The third-order valence-electron chi connectivity index (χ3n) is 6.22. The summed E-state index contributed by atoms with van der Waals surface area (Å²) in [5, 5.41) is 3.08. The monoisotopic (exact) mass is 532 g/mol. The molecular formula is C32H40N2O3S. The average Bonchev–Trinajstić information content (AvgIpc) is 2.89. The van der Waals surface area contributed by atoms with Gasteiger partial charge in [-0.1, -0.05) is 85.6 Å². The molecule has 0 saturated heterocycles. The second-order valence-electron chi connectivity index (χ2n) is 10.2. The van der Waals surface area contributed by atoms with Gasteiger partial charge in [0.1, 0.15) is 11.8 Å². The summed E-state index contributed by atoms with van der Waals surface area (Å²) >= 11 is 1.58. The first-order valence-electron chi connectivity index (χ1n) is 13.1. The van der Waals surface area contributed by atoms with Crippen LogP contribution in [0.3, 0.4) is 0 Å². The fourth-order valence-electron chi connectivity index (χ4n) is 4.44. The maximum absolute atomic E-state index is 13.8. The van der Waals surface area contributed by atoms with Crippen molar-refractivity contribution < 1.29 is 14.3 Å². The smallest absolute Gasteiger partial charge is 0.243 e. The fraction of sp³-hybridized carbons (Fsp3) is 0.375. The van der Waals surface area contributed by atoms with Crippen molar-refractivity contribution in [3.63, 3.8) is 0 Å². The largest absolute Gasteiger partial charge is 0.497 e. The number of rotatable bonds is 13. The van der Waals surface area contributed by atoms with E-state index in [1.165, 1.54) is 16.7 Å². The van der Waals surface area contributed by atoms with Crippen molar-refractivity contribution in [3.8, 4) is 5.75 Å². The molecule has 0 saturated carbocycles. The van der Waals surface area contributed by atoms with Crippen molar-refractivity contribution in [1.29, 1.82) is 0 Å². The van der Waals surface area contributed by atoms with Crippen LogP contribution in [0, 0.1) is 19.8 Å². The molecule has 0 spiro atoms. The Labute approximate surface area is 232 Å². The van der Waals surface area contributed by atoms with Crippen molar-refractivity contribution >= 4 is 23.6 Å². The van der Waals surface area contributed by atoms with E-state index < -0.39 is 6.04 Å². The summed E-state index contributed by atoms with van der Waals surface area (Å²) in [7, 11) is 1.63. The number of benzene rings is 3. The molecule has 6 heteroatoms. The Morgan fingerprint density at radius 3 is 2.24 bits per heavy atom. The highest BCUT2D eigenvalue weighted by molar-refractivity contribution is 7.99. The number of thioether (sulfide) groups is 1. The van der Waals surface area contributed by atoms with Gasteiger partial charge in [0.15, 0.2) is 0 Å². The third-order valence-corrected chi connectivity index (χ3v) is 7.21. The second kappa shape index (κ2) is 14.6. The Balaban J connectivity index is 1.86. The first-order chi connectivity index (χ1) is 18.2. The summed E-state index contributed by atoms with van der Waals surface area (Å²) in [4.78, 5) is 29.1. The van der Waals surface area contributed by atoms with Gasteiger partial charge in [-0.2, -0.15) is 0 Å². The molecule has 0 bridgehead atoms. The molecule has 0 aromatic heterocycles. The van der Waals surface area contributed by atoms with Crippen molar-refractivity contribution in [2.45, 2.75) is 52.5 Å². The van der Waals surface area contributed by atoms with Crippen LogP contribution >= 0.6 is 11.8 Å². The lowest BCUT2D eigenvalue weighted by Crippen LogP contribution is -2.51. The standard InChI is InChI=1S/C32H40N2O3S/c1-23(2)19-33-32(36)30(18-26-10-7-6-8-11-26)34(20-27-12-9-13-29(17-27)37-5)31(35)22-38-21-28-15-24(3)14-25(4)16-28/h6-17,23,30H,18-22H2,1-5H3,(H,33,36)/t30-/m0/s1. The van der Waals surface area contributed by atoms with Gasteiger partial charge >= 0.3 is 0 Å². The Bertz CT molecular complexity index is 1180. The minimum Gasteiger partial charge on any atom is -0.497 e. The van der Waals surface area contributed by atoms with E-state index in [4.69, 9.17) is 4.74 Å². The van der Waals surface area contributed by atoms with Gasteiger partial charge in [-0.15, -0.1) is 11.8 Å². The van der Waals surface area contributed by atoms with E-state index in [9.17, 15) is 9.59 Å². The third kappa shape index (κ3) is 9.25. The summed E-state index contributed by atoms with van der Waals surface area (Å²) in [6.07, 6.45) is 0.447. The van der Waals surface area contributed by atoms with Crippen LogP contribution in [0.5, 0.6) is 5.75 Å². The molecule has 3 aromatic rings. The predicted octanol–water partition coefficient (Wildman–Crippen LogP) is 5.96. The molecule has 202 valence electrons. The van der Waals surface area contributed by atoms with Gasteiger partial charge in [0.2, 0.25) is 11.8 Å². The molecule has 3 rings (SSSR count). The Kier molecular flexibility index (Phi) is 11.3. The Morgan fingerprint density at radius 1 is 0.895 bits per heavy atom. The number of carbonyl (C=O) groups is 2. The molecular weight excluding hydrogens is 492 g/mol. The van der Waals surface area contributed by atoms with Crippen molar-refractivity contribution in [1.82, 2.24) is 10.2 Å². The molecule has 5 nitrogen and oxygen atoms in total. The summed E-state index contributed by atoms with van der Waals surface area (Å²) in [5.41, 5.74) is 5.58. The van der Waals surface area contributed by atoms with E-state index >= 15 is 0 Å². The maximum atomic E-state index is 13.8. The summed E-state index contributed by atoms with van der Waals surface area (Å²) in [6.45, 7) is 9.20. The zero-order chi connectivity index (χ0) is 27.5. The van der Waals surface area contributed by atoms with E-state index in [-0.39, 0.29) is 11.8 Å². The van der Waals surface area contributed by atoms with Gasteiger partial charge in [-0.3, -0.25) is 9.59 Å². The minimum atomic E-state index is -0.628. The van der Waals surface area contributed by atoms with Crippen LogP contribution in [-0.4, -0.2) is 42.2 Å². The van der Waals surface area contributed by atoms with E-state index in [1.54, 1.807) is 23.8 Å². The second-order valence-corrected chi connectivity index (χ2v) is 11.2. The van der Waals surface area contributed by atoms with Gasteiger partial charge in [0, 0.05) is 25.3 Å². The average molecular weight is 533 g/mol. The number of ether oxygens (including phenoxy) is 1. The summed E-state index contributed by atoms with van der Waals surface area (Å²) in [6, 6.07) is 23.4. The van der Waals surface area contributed by atoms with Crippen molar-refractivity contribution in [3.05, 3.63) is 101 Å². The molecule has 0 heterocycles. The van der Waals surface area contributed by atoms with Crippen LogP contribution in [-0.2, 0) is 28.3 Å². The highest BCUT2D eigenvalue weighted by Gasteiger charge is 2.30. The van der Waals surface area contributed by atoms with Crippen LogP contribution in [0.1, 0.15) is 41.7 Å². The zero-order valence-corrected chi connectivity index (χ0v) is 24.0. The first kappa shape index (κ1) is 29.3. The van der Waals surface area contributed by atoms with Crippen molar-refractivity contribution in [2.75, 3.05) is 19.4 Å². The molecule has 0 aliphatic carbocycles. The molecule has 1 N–H and O–H groups in total. The van der Waals surface area contributed by atoms with Crippen LogP contribution in [0.25, 0.3) is 0 Å². The maximum Gasteiger partial charge on any atom is 0.243 e. The number of amides is 2. The van der Waals surface area contributed by atoms with Gasteiger partial charge in [0.05, 0.1) is 12.9 Å². The fourth-order valence-corrected chi connectivity index (χ4v) is 5.28. The highest BCUT2D eigenvalue weighted by atomic mass is 32.2. The molecule has 2 amide bonds. The molecule has 0 aliphatic heterocycles. The van der Waals surface area contributed by atoms with Gasteiger partial charge in [0.25, 0.3) is 0 Å². The zero-order valence-electron chi connectivity index (χ0n) is 23.2. The van der Waals surface area contributed by atoms with E-state index in [1.807, 2.05) is 54.6 Å². The number of aryl methyl sites for hydroxylation is 2. The molecule has 0 fully saturated rings. The molecule has 0 radical (unpaired) electrons. The first-order valence-corrected chi connectivity index (χ1v) is 14.3. The van der Waals surface area contributed by atoms with Crippen LogP contribution < -0.4 is 10.1 Å². The van der Waals surface area contributed by atoms with E-state index in [0.717, 1.165) is 22.6 Å². The van der Waals surface area contributed by atoms with Crippen LogP contribution in [0.2, 0.25) is 0 Å². The number of methoxy groups -OCH3 is 1. The molecule has 1 atom stereocenters. The lowest BCUT2D eigenvalue weighted by atomic mass is 10.0. The molecule has 38 heavy (non-hydrogen) atoms. The number of nitrogens with zero attached hydrogens (tertiary/aromatic N) is 1. The van der Waals surface area contributed by atoms with Gasteiger partial charge in [-0.05, 0) is 48.6 Å². The topological polar surface area (TPSA) is 58.6 Å². The number of carbonyl (C=O) groups excluding carboxylic acids is 2. The van der Waals surface area contributed by atoms with Crippen molar-refractivity contribution in [2.24, 2.45) is 5.92 Å². The SMILES string of the molecule is COc1cccc(CN(C(=O)CSCc2cc(C)cc(C)c2)[C@@H](Cc2ccccc2)C(=O)NCC(C)C)c1. The lowest BCUT2D eigenvalue weighted by molar-refractivity contribution is -0.139. The Morgan fingerprint density at radius 2 is 1.58 bits per heavy atom. The number of hydrogen-bond donors (Lipinski definition) is 1. The number of hydrogen-bond acceptors (Lipinski definition) is 4. The number of nitrogens with one attached hydrogen (secondary N) is 1. The quantitative estimate of drug-likeness (QED) is 0.295. The Hall–Kier alpha value is -3.25. The van der Waals surface area contributed by atoms with E-state index in [2.05, 4.69) is 51.2 Å².